The molecule has 0 heterocycles. The quantitative estimate of drug-likeness (QED) is 0.797. The fourth-order valence-corrected chi connectivity index (χ4v) is 3.16. The van der Waals surface area contributed by atoms with Crippen molar-refractivity contribution in [3.8, 4) is 0 Å². The Hall–Kier alpha value is -0.610. The highest BCUT2D eigenvalue weighted by Crippen LogP contribution is 2.33. The zero-order valence-corrected chi connectivity index (χ0v) is 13.1. The highest BCUT2D eigenvalue weighted by Gasteiger charge is 2.35. The van der Waals surface area contributed by atoms with E-state index in [1.165, 1.54) is 6.42 Å². The first-order valence-electron chi connectivity index (χ1n) is 7.58. The fourth-order valence-electron chi connectivity index (χ4n) is 3.16. The summed E-state index contributed by atoms with van der Waals surface area (Å²) in [6.45, 7) is 9.09. The van der Waals surface area contributed by atoms with Crippen LogP contribution in [-0.4, -0.2) is 42.5 Å². The Morgan fingerprint density at radius 2 is 1.95 bits per heavy atom. The van der Waals surface area contributed by atoms with Crippen molar-refractivity contribution in [2.75, 3.05) is 13.6 Å². The number of nitrogens with two attached hydrogens (primary N) is 1. The average molecular weight is 269 g/mol. The maximum Gasteiger partial charge on any atom is 0.233 e. The van der Waals surface area contributed by atoms with Crippen molar-refractivity contribution in [2.24, 2.45) is 17.6 Å². The van der Waals surface area contributed by atoms with Crippen molar-refractivity contribution in [3.63, 3.8) is 0 Å². The molecule has 19 heavy (non-hydrogen) atoms. The number of hydrogen-bond donors (Lipinski definition) is 2. The Morgan fingerprint density at radius 1 is 1.32 bits per heavy atom. The molecule has 1 rings (SSSR count). The second-order valence-electron chi connectivity index (χ2n) is 6.51. The van der Waals surface area contributed by atoms with Crippen LogP contribution in [0.4, 0.5) is 0 Å². The predicted octanol–water partition coefficient (Wildman–Crippen LogP) is 1.59. The highest BCUT2D eigenvalue weighted by molar-refractivity contribution is 5.78. The van der Waals surface area contributed by atoms with Gasteiger partial charge in [0.1, 0.15) is 0 Å². The summed E-state index contributed by atoms with van der Waals surface area (Å²) in [7, 11) is 2.21. The molecule has 0 radical (unpaired) electrons. The van der Waals surface area contributed by atoms with Gasteiger partial charge in [-0.25, -0.2) is 0 Å². The van der Waals surface area contributed by atoms with E-state index in [4.69, 9.17) is 5.73 Å². The maximum atomic E-state index is 11.5. The highest BCUT2D eigenvalue weighted by atomic mass is 16.1. The average Bonchev–Trinajstić information content (AvgIpc) is 2.37. The lowest BCUT2D eigenvalue weighted by Crippen LogP contribution is -2.51. The molecule has 1 aliphatic rings. The third-order valence-corrected chi connectivity index (χ3v) is 4.65. The Bertz CT molecular complexity index is 291. The zero-order chi connectivity index (χ0) is 14.6. The van der Waals surface area contributed by atoms with Crippen molar-refractivity contribution in [2.45, 2.75) is 65.1 Å². The lowest BCUT2D eigenvalue weighted by atomic mass is 9.75. The summed E-state index contributed by atoms with van der Waals surface area (Å²) < 4.78 is 0. The molecule has 0 aromatic carbocycles. The van der Waals surface area contributed by atoms with Crippen LogP contribution in [0.5, 0.6) is 0 Å². The van der Waals surface area contributed by atoms with E-state index in [2.05, 4.69) is 45.0 Å². The van der Waals surface area contributed by atoms with Gasteiger partial charge in [-0.15, -0.1) is 0 Å². The van der Waals surface area contributed by atoms with Gasteiger partial charge in [-0.05, 0) is 52.0 Å². The van der Waals surface area contributed by atoms with Gasteiger partial charge in [-0.2, -0.15) is 0 Å². The number of rotatable bonds is 5. The van der Waals surface area contributed by atoms with Gasteiger partial charge in [0.2, 0.25) is 5.91 Å². The summed E-state index contributed by atoms with van der Waals surface area (Å²) in [6.07, 6.45) is 3.39. The minimum atomic E-state index is -0.0219. The molecule has 0 bridgehead atoms. The van der Waals surface area contributed by atoms with Gasteiger partial charge >= 0.3 is 0 Å². The molecule has 0 aromatic heterocycles. The van der Waals surface area contributed by atoms with Gasteiger partial charge in [0.25, 0.3) is 0 Å². The molecule has 0 aromatic rings. The summed E-state index contributed by atoms with van der Waals surface area (Å²) >= 11 is 0. The normalized spacial score (nSPS) is 28.2. The molecule has 0 spiro atoms. The van der Waals surface area contributed by atoms with E-state index in [1.54, 1.807) is 0 Å². The van der Waals surface area contributed by atoms with Crippen LogP contribution in [0, 0.1) is 11.8 Å². The van der Waals surface area contributed by atoms with Gasteiger partial charge in [0, 0.05) is 18.1 Å². The van der Waals surface area contributed by atoms with E-state index in [-0.39, 0.29) is 12.5 Å². The monoisotopic (exact) mass is 269 g/mol. The van der Waals surface area contributed by atoms with Gasteiger partial charge in [0.15, 0.2) is 0 Å². The van der Waals surface area contributed by atoms with Gasteiger partial charge < -0.3 is 16.0 Å². The largest absolute Gasteiger partial charge is 0.352 e. The molecule has 4 nitrogen and oxygen atoms in total. The number of amides is 1. The Kier molecular flexibility index (Phi) is 6.27. The van der Waals surface area contributed by atoms with E-state index in [0.29, 0.717) is 30.0 Å². The molecule has 1 aliphatic carbocycles. The first-order valence-corrected chi connectivity index (χ1v) is 7.58. The van der Waals surface area contributed by atoms with Crippen LogP contribution in [0.25, 0.3) is 0 Å². The van der Waals surface area contributed by atoms with Crippen LogP contribution < -0.4 is 11.1 Å². The van der Waals surface area contributed by atoms with Gasteiger partial charge in [-0.1, -0.05) is 13.8 Å². The number of nitrogens with zero attached hydrogens (tertiary/aromatic N) is 1. The minimum absolute atomic E-state index is 0.0219. The van der Waals surface area contributed by atoms with Crippen LogP contribution in [0.15, 0.2) is 0 Å². The molecule has 0 saturated heterocycles. The minimum Gasteiger partial charge on any atom is -0.352 e. The molecular weight excluding hydrogens is 238 g/mol. The number of carbonyl (C=O) groups excluding carboxylic acids is 1. The zero-order valence-electron chi connectivity index (χ0n) is 13.1. The summed E-state index contributed by atoms with van der Waals surface area (Å²) in [5.74, 6) is 1.12. The summed E-state index contributed by atoms with van der Waals surface area (Å²) in [5.41, 5.74) is 5.41. The third-order valence-electron chi connectivity index (χ3n) is 4.65. The topological polar surface area (TPSA) is 58.4 Å². The van der Waals surface area contributed by atoms with E-state index in [1.807, 2.05) is 0 Å². The van der Waals surface area contributed by atoms with Crippen LogP contribution in [0.3, 0.4) is 0 Å². The first kappa shape index (κ1) is 16.4. The van der Waals surface area contributed by atoms with Crippen LogP contribution in [0.2, 0.25) is 0 Å². The van der Waals surface area contributed by atoms with Crippen molar-refractivity contribution < 1.29 is 4.79 Å². The molecule has 112 valence electrons. The molecule has 1 fully saturated rings. The number of carbonyl (C=O) groups is 1. The van der Waals surface area contributed by atoms with E-state index in [0.717, 1.165) is 12.8 Å². The van der Waals surface area contributed by atoms with Gasteiger partial charge in [-0.3, -0.25) is 4.79 Å². The lowest BCUT2D eigenvalue weighted by molar-refractivity contribution is -0.121. The number of hydrogen-bond acceptors (Lipinski definition) is 3. The molecular formula is C15H31N3O. The van der Waals surface area contributed by atoms with Crippen LogP contribution in [0.1, 0.15) is 47.0 Å². The molecule has 3 unspecified atom stereocenters. The van der Waals surface area contributed by atoms with Crippen molar-refractivity contribution in [3.05, 3.63) is 0 Å². The Labute approximate surface area is 118 Å². The molecule has 1 amide bonds. The predicted molar refractivity (Wildman–Crippen MR) is 79.9 cm³/mol. The smallest absolute Gasteiger partial charge is 0.233 e. The molecule has 3 atom stereocenters. The van der Waals surface area contributed by atoms with E-state index in [9.17, 15) is 4.79 Å². The summed E-state index contributed by atoms with van der Waals surface area (Å²) in [5, 5.41) is 3.11. The fraction of sp³-hybridized carbons (Fsp3) is 0.933. The third kappa shape index (κ3) is 4.46. The SMILES string of the molecule is CC(C)C1CC(N(C)C(C)C)CCC1NC(=O)CN. The summed E-state index contributed by atoms with van der Waals surface area (Å²) in [6, 6.07) is 1.51. The van der Waals surface area contributed by atoms with E-state index >= 15 is 0 Å². The van der Waals surface area contributed by atoms with Crippen molar-refractivity contribution >= 4 is 5.91 Å². The second-order valence-corrected chi connectivity index (χ2v) is 6.51. The molecule has 4 heteroatoms. The molecule has 1 saturated carbocycles. The standard InChI is InChI=1S/C15H31N3O/c1-10(2)13-8-12(18(5)11(3)4)6-7-14(13)17-15(19)9-16/h10-14H,6-9,16H2,1-5H3,(H,17,19). The van der Waals surface area contributed by atoms with Crippen molar-refractivity contribution in [1.82, 2.24) is 10.2 Å². The van der Waals surface area contributed by atoms with Crippen LogP contribution in [-0.2, 0) is 4.79 Å². The summed E-state index contributed by atoms with van der Waals surface area (Å²) in [4.78, 5) is 14.0. The van der Waals surface area contributed by atoms with Crippen LogP contribution >= 0.6 is 0 Å². The first-order chi connectivity index (χ1) is 8.86. The number of nitrogens with one attached hydrogen (secondary N) is 1. The maximum absolute atomic E-state index is 11.5. The lowest BCUT2D eigenvalue weighted by Gasteiger charge is -2.43. The van der Waals surface area contributed by atoms with E-state index < -0.39 is 0 Å². The second kappa shape index (κ2) is 7.25. The Balaban J connectivity index is 2.67. The van der Waals surface area contributed by atoms with Crippen molar-refractivity contribution in [1.29, 1.82) is 0 Å². The molecule has 0 aliphatic heterocycles. The van der Waals surface area contributed by atoms with Gasteiger partial charge in [0.05, 0.1) is 6.54 Å². The molecule has 3 N–H and O–H groups in total. The Morgan fingerprint density at radius 3 is 2.42 bits per heavy atom.